The van der Waals surface area contributed by atoms with Gasteiger partial charge in [0.1, 0.15) is 0 Å². The molecule has 3 rings (SSSR count). The summed E-state index contributed by atoms with van der Waals surface area (Å²) in [4.78, 5) is 12.3. The van der Waals surface area contributed by atoms with Crippen LogP contribution in [0.4, 0.5) is 11.4 Å². The summed E-state index contributed by atoms with van der Waals surface area (Å²) in [6, 6.07) is 17.2. The zero-order valence-electron chi connectivity index (χ0n) is 13.0. The average Bonchev–Trinajstić information content (AvgIpc) is 3.04. The van der Waals surface area contributed by atoms with Gasteiger partial charge in [-0.25, -0.2) is 9.82 Å². The molecule has 0 saturated heterocycles. The summed E-state index contributed by atoms with van der Waals surface area (Å²) in [7, 11) is -3.88. The van der Waals surface area contributed by atoms with Crippen LogP contribution in [0.3, 0.4) is 0 Å². The molecule has 0 bridgehead atoms. The van der Waals surface area contributed by atoms with Crippen molar-refractivity contribution in [2.24, 2.45) is 5.14 Å². The molecule has 0 spiro atoms. The lowest BCUT2D eigenvalue weighted by atomic mass is 10.2. The average molecular weight is 357 g/mol. The lowest BCUT2D eigenvalue weighted by Gasteiger charge is -2.07. The molecule has 0 radical (unpaired) electrons. The van der Waals surface area contributed by atoms with E-state index in [0.29, 0.717) is 5.69 Å². The van der Waals surface area contributed by atoms with Crippen LogP contribution in [0.1, 0.15) is 10.5 Å². The van der Waals surface area contributed by atoms with Crippen molar-refractivity contribution in [3.63, 3.8) is 0 Å². The molecule has 0 atom stereocenters. The number of nitrogens with one attached hydrogen (secondary N) is 2. The van der Waals surface area contributed by atoms with E-state index in [2.05, 4.69) is 15.1 Å². The second-order valence-electron chi connectivity index (χ2n) is 5.16. The van der Waals surface area contributed by atoms with Crippen LogP contribution in [0.25, 0.3) is 5.69 Å². The second-order valence-corrected chi connectivity index (χ2v) is 6.46. The van der Waals surface area contributed by atoms with Gasteiger partial charge in [-0.05, 0) is 36.4 Å². The summed E-state index contributed by atoms with van der Waals surface area (Å²) < 4.78 is 25.8. The molecule has 0 aliphatic heterocycles. The van der Waals surface area contributed by atoms with Crippen molar-refractivity contribution in [1.29, 1.82) is 0 Å². The number of rotatable bonds is 5. The molecule has 25 heavy (non-hydrogen) atoms. The fraction of sp³-hybridized carbons (Fsp3) is 0. The Morgan fingerprint density at radius 3 is 2.44 bits per heavy atom. The molecule has 3 aromatic rings. The monoisotopic (exact) mass is 357 g/mol. The number of anilines is 2. The van der Waals surface area contributed by atoms with Gasteiger partial charge in [-0.15, -0.1) is 0 Å². The minimum absolute atomic E-state index is 0.230. The van der Waals surface area contributed by atoms with Crippen LogP contribution in [0.5, 0.6) is 0 Å². The van der Waals surface area contributed by atoms with Gasteiger partial charge in [-0.2, -0.15) is 13.5 Å². The second kappa shape index (κ2) is 6.75. The highest BCUT2D eigenvalue weighted by Gasteiger charge is 2.11. The summed E-state index contributed by atoms with van der Waals surface area (Å²) in [5, 5.41) is 11.8. The van der Waals surface area contributed by atoms with Crippen molar-refractivity contribution >= 4 is 27.5 Å². The zero-order valence-corrected chi connectivity index (χ0v) is 13.8. The Morgan fingerprint density at radius 2 is 1.72 bits per heavy atom. The molecule has 1 amide bonds. The topological polar surface area (TPSA) is 119 Å². The Labute approximate surface area is 144 Å². The molecule has 0 unspecified atom stereocenters. The van der Waals surface area contributed by atoms with Gasteiger partial charge in [-0.3, -0.25) is 9.52 Å². The molecule has 0 saturated carbocycles. The molecule has 1 aromatic heterocycles. The number of nitrogens with zero attached hydrogens (tertiary/aromatic N) is 2. The van der Waals surface area contributed by atoms with Crippen LogP contribution in [-0.2, 0) is 10.2 Å². The predicted molar refractivity (Wildman–Crippen MR) is 94.7 cm³/mol. The highest BCUT2D eigenvalue weighted by atomic mass is 32.2. The number of carbonyl (C=O) groups is 1. The number of hydrogen-bond acceptors (Lipinski definition) is 4. The molecular formula is C16H15N5O3S. The van der Waals surface area contributed by atoms with Crippen LogP contribution in [0.2, 0.25) is 0 Å². The van der Waals surface area contributed by atoms with E-state index >= 15 is 0 Å². The maximum Gasteiger partial charge on any atom is 0.296 e. The number of carbonyl (C=O) groups excluding carboxylic acids is 1. The van der Waals surface area contributed by atoms with Gasteiger partial charge in [0.25, 0.3) is 16.1 Å². The van der Waals surface area contributed by atoms with Crippen molar-refractivity contribution in [3.05, 3.63) is 72.6 Å². The summed E-state index contributed by atoms with van der Waals surface area (Å²) in [6.07, 6.45) is 1.68. The van der Waals surface area contributed by atoms with Crippen molar-refractivity contribution in [3.8, 4) is 5.69 Å². The normalized spacial score (nSPS) is 11.1. The van der Waals surface area contributed by atoms with E-state index in [0.717, 1.165) is 5.69 Å². The molecule has 1 heterocycles. The van der Waals surface area contributed by atoms with Crippen molar-refractivity contribution in [2.45, 2.75) is 0 Å². The lowest BCUT2D eigenvalue weighted by molar-refractivity contribution is 0.102. The summed E-state index contributed by atoms with van der Waals surface area (Å²) in [6.45, 7) is 0. The van der Waals surface area contributed by atoms with E-state index < -0.39 is 16.1 Å². The van der Waals surface area contributed by atoms with Crippen molar-refractivity contribution in [1.82, 2.24) is 9.78 Å². The summed E-state index contributed by atoms with van der Waals surface area (Å²) in [5.74, 6) is -0.414. The highest BCUT2D eigenvalue weighted by molar-refractivity contribution is 7.90. The first-order valence-electron chi connectivity index (χ1n) is 7.24. The number of nitrogens with two attached hydrogens (primary N) is 1. The smallest absolute Gasteiger partial charge is 0.296 e. The molecule has 2 aromatic carbocycles. The van der Waals surface area contributed by atoms with E-state index in [4.69, 9.17) is 5.14 Å². The van der Waals surface area contributed by atoms with Gasteiger partial charge in [0, 0.05) is 11.9 Å². The molecule has 9 heteroatoms. The Hall–Kier alpha value is -3.17. The maximum absolute atomic E-state index is 12.3. The van der Waals surface area contributed by atoms with Crippen molar-refractivity contribution in [2.75, 3.05) is 10.0 Å². The molecule has 8 nitrogen and oxygen atoms in total. The van der Waals surface area contributed by atoms with E-state index in [1.807, 2.05) is 30.3 Å². The van der Waals surface area contributed by atoms with Crippen LogP contribution in [0, 0.1) is 0 Å². The van der Waals surface area contributed by atoms with Gasteiger partial charge < -0.3 is 5.32 Å². The number of para-hydroxylation sites is 1. The molecule has 0 aliphatic carbocycles. The predicted octanol–water partition coefficient (Wildman–Crippen LogP) is 1.74. The van der Waals surface area contributed by atoms with Crippen LogP contribution >= 0.6 is 0 Å². The zero-order chi connectivity index (χ0) is 17.9. The third-order valence-electron chi connectivity index (χ3n) is 3.22. The Balaban J connectivity index is 1.75. The first-order valence-corrected chi connectivity index (χ1v) is 8.78. The standard InChI is InChI=1S/C16H15N5O3S/c17-25(23,24)20-13-6-4-5-12(11-13)18-16(22)15-9-10-21(19-15)14-7-2-1-3-8-14/h1-11,20H,(H,18,22)(H2,17,23,24). The SMILES string of the molecule is NS(=O)(=O)Nc1cccc(NC(=O)c2ccn(-c3ccccc3)n2)c1. The van der Waals surface area contributed by atoms with E-state index in [1.54, 1.807) is 29.1 Å². The van der Waals surface area contributed by atoms with E-state index in [9.17, 15) is 13.2 Å². The van der Waals surface area contributed by atoms with Gasteiger partial charge >= 0.3 is 0 Å². The highest BCUT2D eigenvalue weighted by Crippen LogP contribution is 2.16. The van der Waals surface area contributed by atoms with Gasteiger partial charge in [0.15, 0.2) is 5.69 Å². The number of aromatic nitrogens is 2. The van der Waals surface area contributed by atoms with Crippen molar-refractivity contribution < 1.29 is 13.2 Å². The molecular weight excluding hydrogens is 342 g/mol. The van der Waals surface area contributed by atoms with Gasteiger partial charge in [-0.1, -0.05) is 24.3 Å². The number of hydrogen-bond donors (Lipinski definition) is 3. The third-order valence-corrected chi connectivity index (χ3v) is 3.74. The number of benzene rings is 2. The molecule has 0 aliphatic rings. The fourth-order valence-electron chi connectivity index (χ4n) is 2.19. The molecule has 128 valence electrons. The van der Waals surface area contributed by atoms with E-state index in [1.165, 1.54) is 12.1 Å². The first kappa shape index (κ1) is 16.7. The maximum atomic E-state index is 12.3. The van der Waals surface area contributed by atoms with Gasteiger partial charge in [0.2, 0.25) is 0 Å². The minimum Gasteiger partial charge on any atom is -0.321 e. The molecule has 0 fully saturated rings. The summed E-state index contributed by atoms with van der Waals surface area (Å²) in [5.41, 5.74) is 1.72. The van der Waals surface area contributed by atoms with Crippen LogP contribution in [0.15, 0.2) is 66.9 Å². The first-order chi connectivity index (χ1) is 11.9. The van der Waals surface area contributed by atoms with Gasteiger partial charge in [0.05, 0.1) is 11.4 Å². The summed E-state index contributed by atoms with van der Waals surface area (Å²) >= 11 is 0. The van der Waals surface area contributed by atoms with Crippen LogP contribution in [-0.4, -0.2) is 24.1 Å². The largest absolute Gasteiger partial charge is 0.321 e. The van der Waals surface area contributed by atoms with E-state index in [-0.39, 0.29) is 11.4 Å². The lowest BCUT2D eigenvalue weighted by Crippen LogP contribution is -2.21. The fourth-order valence-corrected chi connectivity index (χ4v) is 2.64. The Bertz CT molecular complexity index is 999. The number of amides is 1. The quantitative estimate of drug-likeness (QED) is 0.644. The Morgan fingerprint density at radius 1 is 1.00 bits per heavy atom. The minimum atomic E-state index is -3.88. The Kier molecular flexibility index (Phi) is 4.50. The third kappa shape index (κ3) is 4.43. The van der Waals surface area contributed by atoms with Crippen LogP contribution < -0.4 is 15.2 Å². The molecule has 4 N–H and O–H groups in total.